The van der Waals surface area contributed by atoms with Crippen LogP contribution in [0.1, 0.15) is 13.3 Å². The molecule has 0 N–H and O–H groups in total. The van der Waals surface area contributed by atoms with E-state index in [1.54, 1.807) is 6.92 Å². The fourth-order valence-electron chi connectivity index (χ4n) is 0.786. The molecule has 0 aliphatic heterocycles. The molecule has 0 aromatic heterocycles. The van der Waals surface area contributed by atoms with Gasteiger partial charge in [-0.2, -0.15) is 0 Å². The Labute approximate surface area is 68.8 Å². The Balaban J connectivity index is 3.74. The van der Waals surface area contributed by atoms with E-state index in [1.807, 2.05) is 14.1 Å². The van der Waals surface area contributed by atoms with Crippen LogP contribution in [0.5, 0.6) is 0 Å². The van der Waals surface area contributed by atoms with Crippen molar-refractivity contribution in [3.05, 3.63) is 0 Å². The van der Waals surface area contributed by atoms with Gasteiger partial charge in [0, 0.05) is 0 Å². The standard InChI is InChI=1S/C9H16NO/c1-5-7-10(3,4)8-6-9(2)11/h1H,6-8H2,2-4H3/q+1. The highest BCUT2D eigenvalue weighted by Crippen LogP contribution is 1.97. The second-order valence-corrected chi connectivity index (χ2v) is 3.47. The predicted molar refractivity (Wildman–Crippen MR) is 46.0 cm³/mol. The van der Waals surface area contributed by atoms with E-state index < -0.39 is 0 Å². The highest BCUT2D eigenvalue weighted by molar-refractivity contribution is 5.75. The maximum absolute atomic E-state index is 10.6. The molecular formula is C9H16NO+. The smallest absolute Gasteiger partial charge is 0.140 e. The maximum atomic E-state index is 10.6. The van der Waals surface area contributed by atoms with E-state index in [1.165, 1.54) is 0 Å². The molecule has 0 aliphatic carbocycles. The van der Waals surface area contributed by atoms with Gasteiger partial charge >= 0.3 is 0 Å². The largest absolute Gasteiger partial charge is 0.318 e. The molecule has 2 nitrogen and oxygen atoms in total. The molecule has 0 radical (unpaired) electrons. The molecular weight excluding hydrogens is 138 g/mol. The molecule has 0 aromatic rings. The topological polar surface area (TPSA) is 17.1 Å². The lowest BCUT2D eigenvalue weighted by atomic mass is 10.3. The number of terminal acetylenes is 1. The summed E-state index contributed by atoms with van der Waals surface area (Å²) in [6.45, 7) is 3.13. The number of ketones is 1. The van der Waals surface area contributed by atoms with Gasteiger partial charge in [-0.3, -0.25) is 4.79 Å². The number of carbonyl (C=O) groups excluding carboxylic acids is 1. The summed E-state index contributed by atoms with van der Waals surface area (Å²) in [5.74, 6) is 2.82. The Kier molecular flexibility index (Phi) is 3.84. The minimum atomic E-state index is 0.230. The Morgan fingerprint density at radius 2 is 2.09 bits per heavy atom. The Morgan fingerprint density at radius 3 is 2.45 bits per heavy atom. The first kappa shape index (κ1) is 10.2. The van der Waals surface area contributed by atoms with Gasteiger partial charge in [0.1, 0.15) is 12.3 Å². The van der Waals surface area contributed by atoms with Gasteiger partial charge < -0.3 is 4.48 Å². The summed E-state index contributed by atoms with van der Waals surface area (Å²) in [7, 11) is 4.06. The van der Waals surface area contributed by atoms with Crippen LogP contribution in [0.25, 0.3) is 0 Å². The van der Waals surface area contributed by atoms with Gasteiger partial charge in [0.15, 0.2) is 0 Å². The number of nitrogens with zero attached hydrogens (tertiary/aromatic N) is 1. The van der Waals surface area contributed by atoms with Crippen molar-refractivity contribution in [3.8, 4) is 12.3 Å². The van der Waals surface area contributed by atoms with E-state index in [-0.39, 0.29) is 5.78 Å². The van der Waals surface area contributed by atoms with Gasteiger partial charge in [-0.25, -0.2) is 0 Å². The SMILES string of the molecule is C#CC[N+](C)(C)CCC(C)=O. The normalized spacial score (nSPS) is 10.7. The maximum Gasteiger partial charge on any atom is 0.140 e. The highest BCUT2D eigenvalue weighted by Gasteiger charge is 2.13. The van der Waals surface area contributed by atoms with Crippen molar-refractivity contribution >= 4 is 5.78 Å². The third-order valence-corrected chi connectivity index (χ3v) is 1.59. The molecule has 0 atom stereocenters. The molecule has 0 rings (SSSR count). The first-order valence-corrected chi connectivity index (χ1v) is 3.73. The lowest BCUT2D eigenvalue weighted by molar-refractivity contribution is -0.882. The van der Waals surface area contributed by atoms with Crippen LogP contribution >= 0.6 is 0 Å². The van der Waals surface area contributed by atoms with Gasteiger partial charge in [0.25, 0.3) is 0 Å². The van der Waals surface area contributed by atoms with Crippen molar-refractivity contribution in [2.75, 3.05) is 27.2 Å². The number of Topliss-reactive ketones (excluding diaryl/α,β-unsaturated/α-hetero) is 1. The number of hydrogen-bond acceptors (Lipinski definition) is 1. The molecule has 0 bridgehead atoms. The Hall–Kier alpha value is -0.810. The quantitative estimate of drug-likeness (QED) is 0.430. The van der Waals surface area contributed by atoms with Crippen LogP contribution in [0.4, 0.5) is 0 Å². The summed E-state index contributed by atoms with van der Waals surface area (Å²) in [4.78, 5) is 10.6. The van der Waals surface area contributed by atoms with Gasteiger partial charge in [-0.05, 0) is 12.8 Å². The number of rotatable bonds is 4. The number of hydrogen-bond donors (Lipinski definition) is 0. The second kappa shape index (κ2) is 4.15. The molecule has 0 spiro atoms. The fourth-order valence-corrected chi connectivity index (χ4v) is 0.786. The van der Waals surface area contributed by atoms with Crippen LogP contribution in [0.15, 0.2) is 0 Å². The van der Waals surface area contributed by atoms with Gasteiger partial charge in [0.2, 0.25) is 0 Å². The van der Waals surface area contributed by atoms with Crippen molar-refractivity contribution in [3.63, 3.8) is 0 Å². The van der Waals surface area contributed by atoms with Gasteiger partial charge in [-0.15, -0.1) is 6.42 Å². The summed E-state index contributed by atoms with van der Waals surface area (Å²) >= 11 is 0. The summed E-state index contributed by atoms with van der Waals surface area (Å²) in [5.41, 5.74) is 0. The average Bonchev–Trinajstić information content (AvgIpc) is 1.84. The van der Waals surface area contributed by atoms with Crippen LogP contribution in [0.2, 0.25) is 0 Å². The summed E-state index contributed by atoms with van der Waals surface area (Å²) in [6.07, 6.45) is 5.79. The molecule has 0 aliphatic rings. The van der Waals surface area contributed by atoms with Crippen molar-refractivity contribution in [2.24, 2.45) is 0 Å². The fraction of sp³-hybridized carbons (Fsp3) is 0.667. The molecule has 0 aromatic carbocycles. The first-order chi connectivity index (χ1) is 4.98. The number of carbonyl (C=O) groups is 1. The zero-order chi connectivity index (χ0) is 8.91. The predicted octanol–water partition coefficient (Wildman–Crippen LogP) is 0.675. The van der Waals surface area contributed by atoms with Crippen molar-refractivity contribution in [1.82, 2.24) is 0 Å². The zero-order valence-corrected chi connectivity index (χ0v) is 7.55. The van der Waals surface area contributed by atoms with Crippen molar-refractivity contribution in [2.45, 2.75) is 13.3 Å². The molecule has 62 valence electrons. The number of quaternary nitrogens is 1. The third kappa shape index (κ3) is 5.63. The lowest BCUT2D eigenvalue weighted by Crippen LogP contribution is -2.41. The first-order valence-electron chi connectivity index (χ1n) is 3.73. The second-order valence-electron chi connectivity index (χ2n) is 3.47. The molecule has 0 fully saturated rings. The minimum Gasteiger partial charge on any atom is -0.318 e. The molecule has 0 amide bonds. The highest BCUT2D eigenvalue weighted by atomic mass is 16.1. The van der Waals surface area contributed by atoms with E-state index in [0.29, 0.717) is 13.0 Å². The minimum absolute atomic E-state index is 0.230. The zero-order valence-electron chi connectivity index (χ0n) is 7.55. The lowest BCUT2D eigenvalue weighted by Gasteiger charge is -2.26. The van der Waals surface area contributed by atoms with E-state index in [4.69, 9.17) is 6.42 Å². The summed E-state index contributed by atoms with van der Waals surface area (Å²) < 4.78 is 0.732. The third-order valence-electron chi connectivity index (χ3n) is 1.59. The average molecular weight is 154 g/mol. The van der Waals surface area contributed by atoms with E-state index >= 15 is 0 Å². The molecule has 0 saturated heterocycles. The molecule has 11 heavy (non-hydrogen) atoms. The van der Waals surface area contributed by atoms with Crippen LogP contribution in [0, 0.1) is 12.3 Å². The van der Waals surface area contributed by atoms with Crippen LogP contribution in [-0.4, -0.2) is 37.5 Å². The van der Waals surface area contributed by atoms with Crippen LogP contribution in [-0.2, 0) is 4.79 Å². The van der Waals surface area contributed by atoms with E-state index in [9.17, 15) is 4.79 Å². The van der Waals surface area contributed by atoms with Crippen molar-refractivity contribution in [1.29, 1.82) is 0 Å². The summed E-state index contributed by atoms with van der Waals surface area (Å²) in [5, 5.41) is 0. The van der Waals surface area contributed by atoms with Gasteiger partial charge in [0.05, 0.1) is 27.1 Å². The van der Waals surface area contributed by atoms with E-state index in [2.05, 4.69) is 5.92 Å². The molecule has 0 heterocycles. The van der Waals surface area contributed by atoms with Gasteiger partial charge in [-0.1, -0.05) is 0 Å². The van der Waals surface area contributed by atoms with E-state index in [0.717, 1.165) is 11.0 Å². The molecule has 0 unspecified atom stereocenters. The van der Waals surface area contributed by atoms with Crippen molar-refractivity contribution < 1.29 is 9.28 Å². The van der Waals surface area contributed by atoms with Crippen LogP contribution < -0.4 is 0 Å². The summed E-state index contributed by atoms with van der Waals surface area (Å²) in [6, 6.07) is 0. The Bertz CT molecular complexity index is 176. The van der Waals surface area contributed by atoms with Crippen LogP contribution in [0.3, 0.4) is 0 Å². The monoisotopic (exact) mass is 154 g/mol. The Morgan fingerprint density at radius 1 is 1.55 bits per heavy atom. The molecule has 2 heteroatoms. The molecule has 0 saturated carbocycles.